The van der Waals surface area contributed by atoms with Crippen molar-refractivity contribution in [1.82, 2.24) is 0 Å². The summed E-state index contributed by atoms with van der Waals surface area (Å²) < 4.78 is 22.7. The molecule has 1 unspecified atom stereocenters. The van der Waals surface area contributed by atoms with Crippen molar-refractivity contribution >= 4 is 25.7 Å². The molecule has 0 N–H and O–H groups in total. The Balaban J connectivity index is 4.58. The highest BCUT2D eigenvalue weighted by molar-refractivity contribution is 6.83. The van der Waals surface area contributed by atoms with Gasteiger partial charge in [-0.1, -0.05) is 0 Å². The second-order valence-electron chi connectivity index (χ2n) is 4.99. The molecule has 92 valence electrons. The standard InChI is InChI=1S/C8H24O4Si3/c1-9-14(6,7)12-15(8,10-2)11-13(3,4)5/h1-8H3. The fourth-order valence-electron chi connectivity index (χ4n) is 1.15. The van der Waals surface area contributed by atoms with Crippen LogP contribution < -0.4 is 0 Å². The Hall–Kier alpha value is 0.491. The van der Waals surface area contributed by atoms with Crippen molar-refractivity contribution < 1.29 is 17.1 Å². The van der Waals surface area contributed by atoms with Crippen LogP contribution >= 0.6 is 0 Å². The molecule has 15 heavy (non-hydrogen) atoms. The van der Waals surface area contributed by atoms with Crippen molar-refractivity contribution in [2.75, 3.05) is 14.2 Å². The third-order valence-corrected chi connectivity index (χ3v) is 10.9. The Bertz CT molecular complexity index is 205. The summed E-state index contributed by atoms with van der Waals surface area (Å²) in [6.07, 6.45) is 0. The SMILES string of the molecule is CO[Si](C)(C)O[Si](C)(OC)O[Si](C)(C)C. The van der Waals surface area contributed by atoms with E-state index in [2.05, 4.69) is 19.6 Å². The van der Waals surface area contributed by atoms with Crippen LogP contribution in [-0.4, -0.2) is 39.9 Å². The maximum absolute atomic E-state index is 6.00. The van der Waals surface area contributed by atoms with Gasteiger partial charge in [0.15, 0.2) is 8.32 Å². The van der Waals surface area contributed by atoms with Crippen LogP contribution in [0.25, 0.3) is 0 Å². The first-order chi connectivity index (χ1) is 6.54. The van der Waals surface area contributed by atoms with Gasteiger partial charge in [0.2, 0.25) is 0 Å². The predicted octanol–water partition coefficient (Wildman–Crippen LogP) is 2.42. The first-order valence-electron chi connectivity index (χ1n) is 5.04. The van der Waals surface area contributed by atoms with E-state index >= 15 is 0 Å². The van der Waals surface area contributed by atoms with Crippen LogP contribution in [0, 0.1) is 0 Å². The van der Waals surface area contributed by atoms with Crippen molar-refractivity contribution in [3.63, 3.8) is 0 Å². The maximum atomic E-state index is 6.00. The van der Waals surface area contributed by atoms with Crippen LogP contribution in [0.3, 0.4) is 0 Å². The second-order valence-corrected chi connectivity index (χ2v) is 16.2. The average molecular weight is 269 g/mol. The summed E-state index contributed by atoms with van der Waals surface area (Å²) in [5.41, 5.74) is 0. The third-order valence-electron chi connectivity index (χ3n) is 1.79. The Kier molecular flexibility index (Phi) is 5.38. The Morgan fingerprint density at radius 3 is 1.40 bits per heavy atom. The summed E-state index contributed by atoms with van der Waals surface area (Å²) >= 11 is 0. The summed E-state index contributed by atoms with van der Waals surface area (Å²) in [6, 6.07) is 0. The minimum absolute atomic E-state index is 1.65. The smallest absolute Gasteiger partial charge is 0.417 e. The van der Waals surface area contributed by atoms with Crippen molar-refractivity contribution in [2.45, 2.75) is 39.3 Å². The largest absolute Gasteiger partial charge is 0.478 e. The lowest BCUT2D eigenvalue weighted by molar-refractivity contribution is 0.179. The van der Waals surface area contributed by atoms with Gasteiger partial charge in [-0.3, -0.25) is 0 Å². The van der Waals surface area contributed by atoms with Crippen LogP contribution in [0.1, 0.15) is 0 Å². The molecule has 0 aromatic heterocycles. The van der Waals surface area contributed by atoms with E-state index in [1.54, 1.807) is 14.2 Å². The molecule has 0 aliphatic heterocycles. The van der Waals surface area contributed by atoms with E-state index in [9.17, 15) is 0 Å². The molecule has 7 heteroatoms. The number of hydrogen-bond acceptors (Lipinski definition) is 4. The van der Waals surface area contributed by atoms with E-state index in [0.29, 0.717) is 0 Å². The Morgan fingerprint density at radius 2 is 1.13 bits per heavy atom. The summed E-state index contributed by atoms with van der Waals surface area (Å²) in [7, 11) is -2.95. The molecule has 0 heterocycles. The first kappa shape index (κ1) is 15.5. The third kappa shape index (κ3) is 6.61. The molecule has 0 aromatic carbocycles. The predicted molar refractivity (Wildman–Crippen MR) is 68.6 cm³/mol. The molecule has 0 aliphatic rings. The summed E-state index contributed by atoms with van der Waals surface area (Å²) in [6.45, 7) is 12.3. The maximum Gasteiger partial charge on any atom is 0.478 e. The minimum Gasteiger partial charge on any atom is -0.417 e. The highest BCUT2D eigenvalue weighted by Gasteiger charge is 2.44. The van der Waals surface area contributed by atoms with E-state index in [0.717, 1.165) is 0 Å². The quantitative estimate of drug-likeness (QED) is 0.693. The van der Waals surface area contributed by atoms with Crippen LogP contribution in [0.15, 0.2) is 0 Å². The molecule has 0 saturated heterocycles. The molecular weight excluding hydrogens is 244 g/mol. The van der Waals surface area contributed by atoms with Gasteiger partial charge in [0.1, 0.15) is 0 Å². The molecule has 0 spiro atoms. The fourth-order valence-corrected chi connectivity index (χ4v) is 10.7. The molecule has 0 bridgehead atoms. The molecule has 0 aromatic rings. The van der Waals surface area contributed by atoms with Crippen molar-refractivity contribution in [3.05, 3.63) is 0 Å². The lowest BCUT2D eigenvalue weighted by Crippen LogP contribution is -2.55. The lowest BCUT2D eigenvalue weighted by atomic mass is 11.8. The lowest BCUT2D eigenvalue weighted by Gasteiger charge is -2.36. The molecule has 4 nitrogen and oxygen atoms in total. The first-order valence-corrected chi connectivity index (χ1v) is 13.5. The van der Waals surface area contributed by atoms with E-state index in [4.69, 9.17) is 17.1 Å². The molecule has 0 radical (unpaired) electrons. The van der Waals surface area contributed by atoms with Crippen molar-refractivity contribution in [2.24, 2.45) is 0 Å². The average Bonchev–Trinajstić information content (AvgIpc) is 2.00. The zero-order valence-electron chi connectivity index (χ0n) is 11.1. The molecule has 1 atom stereocenters. The summed E-state index contributed by atoms with van der Waals surface area (Å²) in [5, 5.41) is 0. The van der Waals surface area contributed by atoms with Gasteiger partial charge in [0.25, 0.3) is 0 Å². The number of rotatable bonds is 6. The van der Waals surface area contributed by atoms with Crippen molar-refractivity contribution in [3.8, 4) is 0 Å². The Labute approximate surface area is 96.6 Å². The highest BCUT2D eigenvalue weighted by atomic mass is 28.5. The molecule has 0 saturated carbocycles. The molecule has 0 aliphatic carbocycles. The summed E-state index contributed by atoms with van der Waals surface area (Å²) in [4.78, 5) is 0. The minimum atomic E-state index is -2.52. The topological polar surface area (TPSA) is 36.9 Å². The van der Waals surface area contributed by atoms with Gasteiger partial charge in [-0.05, 0) is 32.7 Å². The van der Waals surface area contributed by atoms with E-state index < -0.39 is 25.7 Å². The Morgan fingerprint density at radius 1 is 0.667 bits per heavy atom. The van der Waals surface area contributed by atoms with Crippen LogP contribution in [0.2, 0.25) is 39.3 Å². The van der Waals surface area contributed by atoms with Crippen LogP contribution in [0.4, 0.5) is 0 Å². The van der Waals surface area contributed by atoms with E-state index in [1.807, 2.05) is 19.6 Å². The van der Waals surface area contributed by atoms with Gasteiger partial charge < -0.3 is 17.1 Å². The van der Waals surface area contributed by atoms with Crippen LogP contribution in [0.5, 0.6) is 0 Å². The second kappa shape index (κ2) is 5.21. The van der Waals surface area contributed by atoms with Gasteiger partial charge in [-0.2, -0.15) is 0 Å². The highest BCUT2D eigenvalue weighted by Crippen LogP contribution is 2.21. The van der Waals surface area contributed by atoms with Gasteiger partial charge in [0, 0.05) is 20.8 Å². The summed E-state index contributed by atoms with van der Waals surface area (Å²) in [5.74, 6) is 0. The van der Waals surface area contributed by atoms with E-state index in [-0.39, 0.29) is 0 Å². The molecular formula is C8H24O4Si3. The van der Waals surface area contributed by atoms with Crippen molar-refractivity contribution in [1.29, 1.82) is 0 Å². The van der Waals surface area contributed by atoms with Gasteiger partial charge in [0.05, 0.1) is 0 Å². The molecule has 0 rings (SSSR count). The number of hydrogen-bond donors (Lipinski definition) is 0. The zero-order valence-corrected chi connectivity index (χ0v) is 14.1. The fraction of sp³-hybridized carbons (Fsp3) is 1.00. The van der Waals surface area contributed by atoms with Crippen LogP contribution in [-0.2, 0) is 17.1 Å². The zero-order chi connectivity index (χ0) is 12.3. The van der Waals surface area contributed by atoms with Gasteiger partial charge >= 0.3 is 17.4 Å². The monoisotopic (exact) mass is 268 g/mol. The normalized spacial score (nSPS) is 17.6. The molecule has 0 fully saturated rings. The van der Waals surface area contributed by atoms with E-state index in [1.165, 1.54) is 0 Å². The molecule has 0 amide bonds. The van der Waals surface area contributed by atoms with Gasteiger partial charge in [-0.15, -0.1) is 0 Å². The van der Waals surface area contributed by atoms with Gasteiger partial charge in [-0.25, -0.2) is 0 Å².